The predicted molar refractivity (Wildman–Crippen MR) is 78.7 cm³/mol. The van der Waals surface area contributed by atoms with Gasteiger partial charge >= 0.3 is 0 Å². The maximum atomic E-state index is 11.8. The number of amides is 1. The lowest BCUT2D eigenvalue weighted by atomic mass is 10.0. The fraction of sp³-hybridized carbons (Fsp3) is 0.462. The first-order valence-corrected chi connectivity index (χ1v) is 6.64. The lowest BCUT2D eigenvalue weighted by molar-refractivity contribution is -0.122. The number of benzene rings is 1. The van der Waals surface area contributed by atoms with Gasteiger partial charge in [0.2, 0.25) is 5.91 Å². The summed E-state index contributed by atoms with van der Waals surface area (Å²) in [7, 11) is 0. The van der Waals surface area contributed by atoms with Gasteiger partial charge in [-0.15, -0.1) is 12.4 Å². The van der Waals surface area contributed by atoms with Crippen LogP contribution in [0.25, 0.3) is 0 Å². The van der Waals surface area contributed by atoms with Crippen molar-refractivity contribution in [3.05, 3.63) is 34.3 Å². The number of rotatable bonds is 4. The van der Waals surface area contributed by atoms with E-state index < -0.39 is 0 Å². The molecule has 0 heterocycles. The molecule has 2 rings (SSSR count). The smallest absolute Gasteiger partial charge is 0.222 e. The highest BCUT2D eigenvalue weighted by Crippen LogP contribution is 2.46. The number of hydrogen-bond acceptors (Lipinski definition) is 2. The fourth-order valence-corrected chi connectivity index (χ4v) is 2.41. The molecular formula is C13H18BrClN2O. The van der Waals surface area contributed by atoms with Crippen molar-refractivity contribution in [2.45, 2.75) is 37.8 Å². The van der Waals surface area contributed by atoms with Crippen molar-refractivity contribution in [2.75, 3.05) is 0 Å². The molecule has 1 aromatic carbocycles. The van der Waals surface area contributed by atoms with E-state index in [1.807, 2.05) is 19.1 Å². The van der Waals surface area contributed by atoms with Gasteiger partial charge in [0, 0.05) is 16.9 Å². The first-order valence-electron chi connectivity index (χ1n) is 5.84. The van der Waals surface area contributed by atoms with Crippen molar-refractivity contribution in [1.82, 2.24) is 5.32 Å². The van der Waals surface area contributed by atoms with Crippen molar-refractivity contribution < 1.29 is 4.79 Å². The van der Waals surface area contributed by atoms with Gasteiger partial charge in [-0.2, -0.15) is 0 Å². The third kappa shape index (κ3) is 3.70. The molecule has 18 heavy (non-hydrogen) atoms. The summed E-state index contributed by atoms with van der Waals surface area (Å²) in [5, 5.41) is 3.10. The van der Waals surface area contributed by atoms with E-state index in [9.17, 15) is 4.79 Å². The molecule has 3 nitrogen and oxygen atoms in total. The van der Waals surface area contributed by atoms with E-state index in [1.165, 1.54) is 5.56 Å². The molecule has 0 saturated heterocycles. The van der Waals surface area contributed by atoms with Crippen molar-refractivity contribution in [1.29, 1.82) is 0 Å². The molecule has 5 heteroatoms. The number of carbonyl (C=O) groups is 1. The van der Waals surface area contributed by atoms with Crippen LogP contribution in [-0.4, -0.2) is 11.9 Å². The Morgan fingerprint density at radius 1 is 1.56 bits per heavy atom. The average Bonchev–Trinajstić information content (AvgIpc) is 2.97. The zero-order chi connectivity index (χ0) is 12.5. The Hall–Kier alpha value is -0.580. The second kappa shape index (κ2) is 6.04. The first kappa shape index (κ1) is 15.5. The maximum Gasteiger partial charge on any atom is 0.222 e. The van der Waals surface area contributed by atoms with Crippen LogP contribution in [0.4, 0.5) is 0 Å². The molecule has 1 aromatic rings. The summed E-state index contributed by atoms with van der Waals surface area (Å²) in [5.74, 6) is 0.0393. The standard InChI is InChI=1S/C13H17BrN2O.ClH/c1-9(15)7-12(17)16-13(5-6-13)10-3-2-4-11(14)8-10;/h2-4,8-9H,5-7,15H2,1H3,(H,16,17);1H. The summed E-state index contributed by atoms with van der Waals surface area (Å²) >= 11 is 3.46. The van der Waals surface area contributed by atoms with Gasteiger partial charge in [0.05, 0.1) is 5.54 Å². The Morgan fingerprint density at radius 2 is 2.22 bits per heavy atom. The highest BCUT2D eigenvalue weighted by atomic mass is 79.9. The van der Waals surface area contributed by atoms with Crippen LogP contribution in [0.2, 0.25) is 0 Å². The number of hydrogen-bond donors (Lipinski definition) is 2. The minimum atomic E-state index is -0.143. The topological polar surface area (TPSA) is 55.1 Å². The van der Waals surface area contributed by atoms with Crippen LogP contribution in [0.5, 0.6) is 0 Å². The van der Waals surface area contributed by atoms with Crippen molar-refractivity contribution in [3.8, 4) is 0 Å². The molecule has 0 aliphatic heterocycles. The largest absolute Gasteiger partial charge is 0.347 e. The molecule has 100 valence electrons. The summed E-state index contributed by atoms with van der Waals surface area (Å²) in [6.07, 6.45) is 2.40. The molecule has 0 aromatic heterocycles. The lowest BCUT2D eigenvalue weighted by Gasteiger charge is -2.19. The summed E-state index contributed by atoms with van der Waals surface area (Å²) in [6, 6.07) is 8.03. The second-order valence-corrected chi connectivity index (χ2v) is 5.74. The highest BCUT2D eigenvalue weighted by Gasteiger charge is 2.45. The maximum absolute atomic E-state index is 11.8. The zero-order valence-corrected chi connectivity index (χ0v) is 12.7. The van der Waals surface area contributed by atoms with Crippen LogP contribution in [0, 0.1) is 0 Å². The van der Waals surface area contributed by atoms with E-state index >= 15 is 0 Å². The van der Waals surface area contributed by atoms with Crippen LogP contribution in [0.3, 0.4) is 0 Å². The average molecular weight is 334 g/mol. The molecular weight excluding hydrogens is 316 g/mol. The highest BCUT2D eigenvalue weighted by molar-refractivity contribution is 9.10. The van der Waals surface area contributed by atoms with Gasteiger partial charge in [-0.05, 0) is 37.5 Å². The van der Waals surface area contributed by atoms with Crippen LogP contribution in [-0.2, 0) is 10.3 Å². The number of halogens is 2. The van der Waals surface area contributed by atoms with Crippen LogP contribution in [0.15, 0.2) is 28.7 Å². The molecule has 0 bridgehead atoms. The van der Waals surface area contributed by atoms with Crippen LogP contribution < -0.4 is 11.1 Å². The van der Waals surface area contributed by atoms with Gasteiger partial charge in [0.1, 0.15) is 0 Å². The Morgan fingerprint density at radius 3 is 2.72 bits per heavy atom. The van der Waals surface area contributed by atoms with E-state index in [1.54, 1.807) is 0 Å². The molecule has 3 N–H and O–H groups in total. The number of carbonyl (C=O) groups excluding carboxylic acids is 1. The van der Waals surface area contributed by atoms with E-state index in [2.05, 4.69) is 33.4 Å². The molecule has 1 amide bonds. The minimum absolute atomic E-state index is 0. The normalized spacial score (nSPS) is 17.5. The quantitative estimate of drug-likeness (QED) is 0.890. The summed E-state index contributed by atoms with van der Waals surface area (Å²) in [4.78, 5) is 11.8. The van der Waals surface area contributed by atoms with E-state index in [4.69, 9.17) is 5.73 Å². The third-order valence-corrected chi connectivity index (χ3v) is 3.51. The molecule has 1 aliphatic carbocycles. The Bertz CT molecular complexity index is 433. The Labute approximate surface area is 122 Å². The van der Waals surface area contributed by atoms with Gasteiger partial charge in [-0.1, -0.05) is 28.1 Å². The summed E-state index contributed by atoms with van der Waals surface area (Å²) in [6.45, 7) is 1.85. The monoisotopic (exact) mass is 332 g/mol. The molecule has 0 radical (unpaired) electrons. The Balaban J connectivity index is 0.00000162. The van der Waals surface area contributed by atoms with Crippen molar-refractivity contribution >= 4 is 34.2 Å². The number of nitrogens with one attached hydrogen (secondary N) is 1. The van der Waals surface area contributed by atoms with Gasteiger partial charge in [0.15, 0.2) is 0 Å². The fourth-order valence-electron chi connectivity index (χ4n) is 2.01. The van der Waals surface area contributed by atoms with Gasteiger partial charge in [-0.25, -0.2) is 0 Å². The van der Waals surface area contributed by atoms with E-state index in [-0.39, 0.29) is 29.9 Å². The third-order valence-electron chi connectivity index (χ3n) is 3.01. The van der Waals surface area contributed by atoms with Crippen LogP contribution in [0.1, 0.15) is 31.7 Å². The molecule has 1 unspecified atom stereocenters. The molecule has 1 saturated carbocycles. The zero-order valence-electron chi connectivity index (χ0n) is 10.3. The molecule has 1 fully saturated rings. The predicted octanol–water partition coefficient (Wildman–Crippen LogP) is 2.71. The van der Waals surface area contributed by atoms with Gasteiger partial charge in [0.25, 0.3) is 0 Å². The van der Waals surface area contributed by atoms with E-state index in [0.29, 0.717) is 6.42 Å². The second-order valence-electron chi connectivity index (χ2n) is 4.82. The van der Waals surface area contributed by atoms with E-state index in [0.717, 1.165) is 17.3 Å². The Kier molecular flexibility index (Phi) is 5.20. The lowest BCUT2D eigenvalue weighted by Crippen LogP contribution is -2.37. The SMILES string of the molecule is CC(N)CC(=O)NC1(c2cccc(Br)c2)CC1.Cl. The summed E-state index contributed by atoms with van der Waals surface area (Å²) < 4.78 is 1.04. The first-order chi connectivity index (χ1) is 8.02. The van der Waals surface area contributed by atoms with Gasteiger partial charge < -0.3 is 11.1 Å². The van der Waals surface area contributed by atoms with Crippen LogP contribution >= 0.6 is 28.3 Å². The molecule has 1 aliphatic rings. The summed E-state index contributed by atoms with van der Waals surface area (Å²) in [5.41, 5.74) is 6.66. The number of nitrogens with two attached hydrogens (primary N) is 1. The van der Waals surface area contributed by atoms with Crippen molar-refractivity contribution in [2.24, 2.45) is 5.73 Å². The minimum Gasteiger partial charge on any atom is -0.347 e. The van der Waals surface area contributed by atoms with Gasteiger partial charge in [-0.3, -0.25) is 4.79 Å². The molecule has 1 atom stereocenters. The van der Waals surface area contributed by atoms with Crippen molar-refractivity contribution in [3.63, 3.8) is 0 Å². The molecule has 0 spiro atoms.